The van der Waals surface area contributed by atoms with Crippen molar-refractivity contribution < 1.29 is 10.0 Å². The topological polar surface area (TPSA) is 40.5 Å². The number of hydrogen-bond donors (Lipinski definition) is 2. The van der Waals surface area contributed by atoms with Gasteiger partial charge in [0.15, 0.2) is 0 Å². The molecule has 88 valence electrons. The summed E-state index contributed by atoms with van der Waals surface area (Å²) < 4.78 is 0. The van der Waals surface area contributed by atoms with E-state index >= 15 is 0 Å². The van der Waals surface area contributed by atoms with Crippen molar-refractivity contribution >= 4 is 7.69 Å². The minimum atomic E-state index is -0.750. The first kappa shape index (κ1) is 13.1. The first-order valence-electron chi connectivity index (χ1n) is 6.60. The van der Waals surface area contributed by atoms with Gasteiger partial charge in [-0.1, -0.05) is 64.2 Å². The van der Waals surface area contributed by atoms with Crippen LogP contribution in [-0.2, 0) is 0 Å². The van der Waals surface area contributed by atoms with E-state index in [4.69, 9.17) is 10.0 Å². The van der Waals surface area contributed by atoms with Gasteiger partial charge in [-0.25, -0.2) is 0 Å². The molecular weight excluding hydrogens is 187 g/mol. The van der Waals surface area contributed by atoms with Crippen LogP contribution in [0.2, 0.25) is 0 Å². The fraction of sp³-hybridized carbons (Fsp3) is 1.00. The summed E-state index contributed by atoms with van der Waals surface area (Å²) >= 11 is 0. The van der Waals surface area contributed by atoms with Crippen LogP contribution in [0.1, 0.15) is 64.2 Å². The summed E-state index contributed by atoms with van der Waals surface area (Å²) in [6.45, 7) is 0. The van der Waals surface area contributed by atoms with Crippen molar-refractivity contribution in [3.63, 3.8) is 0 Å². The van der Waals surface area contributed by atoms with Gasteiger partial charge in [0.1, 0.15) is 0 Å². The molecule has 0 aromatic heterocycles. The Morgan fingerprint density at radius 3 is 1.13 bits per heavy atom. The molecule has 0 aromatic carbocycles. The summed E-state index contributed by atoms with van der Waals surface area (Å²) in [5.41, 5.74) is 0. The summed E-state index contributed by atoms with van der Waals surface area (Å²) in [6, 6.07) is 0. The van der Waals surface area contributed by atoms with Crippen molar-refractivity contribution in [1.29, 1.82) is 0 Å². The third-order valence-corrected chi connectivity index (χ3v) is 3.97. The minimum absolute atomic E-state index is 0.750. The van der Waals surface area contributed by atoms with Crippen LogP contribution < -0.4 is 0 Å². The van der Waals surface area contributed by atoms with E-state index in [0.717, 1.165) is 11.8 Å². The van der Waals surface area contributed by atoms with Gasteiger partial charge in [0.2, 0.25) is 0 Å². The smallest absolute Gasteiger partial charge is 0.430 e. The molecule has 0 radical (unpaired) electrons. The Morgan fingerprint density at radius 2 is 0.867 bits per heavy atom. The maximum absolute atomic E-state index is 7.12. The Labute approximate surface area is 94.4 Å². The molecule has 2 nitrogen and oxygen atoms in total. The highest BCUT2D eigenvalue weighted by Crippen LogP contribution is 2.37. The largest absolute Gasteiger partial charge is 0.432 e. The van der Waals surface area contributed by atoms with E-state index in [9.17, 15) is 0 Å². The number of rotatable bonds is 1. The van der Waals surface area contributed by atoms with Crippen molar-refractivity contribution in [2.75, 3.05) is 0 Å². The number of hydrogen-bond acceptors (Lipinski definition) is 2. The van der Waals surface area contributed by atoms with E-state index in [1.54, 1.807) is 25.7 Å². The minimum Gasteiger partial charge on any atom is -0.430 e. The van der Waals surface area contributed by atoms with Crippen molar-refractivity contribution in [3.05, 3.63) is 0 Å². The molecule has 0 amide bonds. The van der Waals surface area contributed by atoms with E-state index in [0.29, 0.717) is 0 Å². The summed E-state index contributed by atoms with van der Waals surface area (Å²) in [4.78, 5) is 0. The summed E-state index contributed by atoms with van der Waals surface area (Å²) in [5, 5.41) is 14.2. The first-order chi connectivity index (χ1) is 7.38. The van der Waals surface area contributed by atoms with Crippen molar-refractivity contribution in [1.82, 2.24) is 0 Å². The third kappa shape index (κ3) is 5.03. The lowest BCUT2D eigenvalue weighted by Gasteiger charge is -2.32. The molecule has 0 unspecified atom stereocenters. The van der Waals surface area contributed by atoms with Crippen LogP contribution in [0, 0.1) is 11.8 Å². The predicted octanol–water partition coefficient (Wildman–Crippen LogP) is 2.38. The highest BCUT2D eigenvalue weighted by Gasteiger charge is 2.24. The van der Waals surface area contributed by atoms with Gasteiger partial charge in [-0.3, -0.25) is 0 Å². The van der Waals surface area contributed by atoms with Crippen LogP contribution in [0.4, 0.5) is 0 Å². The molecule has 15 heavy (non-hydrogen) atoms. The Balaban J connectivity index is 0.000000337. The monoisotopic (exact) mass is 212 g/mol. The molecule has 0 bridgehead atoms. The highest BCUT2D eigenvalue weighted by molar-refractivity contribution is 6.13. The van der Waals surface area contributed by atoms with E-state index in [-0.39, 0.29) is 0 Å². The van der Waals surface area contributed by atoms with Crippen molar-refractivity contribution in [2.24, 2.45) is 11.8 Å². The molecule has 2 fully saturated rings. The van der Waals surface area contributed by atoms with Gasteiger partial charge in [0.05, 0.1) is 0 Å². The van der Waals surface area contributed by atoms with E-state index < -0.39 is 7.69 Å². The fourth-order valence-corrected chi connectivity index (χ4v) is 3.21. The van der Waals surface area contributed by atoms with Crippen LogP contribution in [0.3, 0.4) is 0 Å². The average Bonchev–Trinajstić information content (AvgIpc) is 2.32. The Morgan fingerprint density at radius 1 is 0.600 bits per heavy atom. The molecule has 2 rings (SSSR count). The lowest BCUT2D eigenvalue weighted by atomic mass is 9.73. The molecule has 0 saturated heterocycles. The SMILES string of the molecule is C1CCC(C2CCCCC2)CC1.OBO. The lowest BCUT2D eigenvalue weighted by molar-refractivity contribution is 0.196. The Kier molecular flexibility index (Phi) is 7.11. The summed E-state index contributed by atoms with van der Waals surface area (Å²) in [6.07, 6.45) is 15.4. The Hall–Kier alpha value is -0.0151. The van der Waals surface area contributed by atoms with Gasteiger partial charge in [-0.2, -0.15) is 0 Å². The quantitative estimate of drug-likeness (QED) is 0.655. The van der Waals surface area contributed by atoms with Crippen molar-refractivity contribution in [2.45, 2.75) is 64.2 Å². The second-order valence-electron chi connectivity index (χ2n) is 4.94. The maximum Gasteiger partial charge on any atom is 0.432 e. The molecule has 2 N–H and O–H groups in total. The van der Waals surface area contributed by atoms with Crippen LogP contribution in [0.25, 0.3) is 0 Å². The molecule has 2 aliphatic carbocycles. The van der Waals surface area contributed by atoms with Crippen molar-refractivity contribution in [3.8, 4) is 0 Å². The maximum atomic E-state index is 7.12. The molecule has 0 atom stereocenters. The molecule has 0 aromatic rings. The molecule has 0 spiro atoms. The van der Waals surface area contributed by atoms with Gasteiger partial charge in [0.25, 0.3) is 0 Å². The van der Waals surface area contributed by atoms with Gasteiger partial charge in [0, 0.05) is 0 Å². The fourth-order valence-electron chi connectivity index (χ4n) is 3.21. The van der Waals surface area contributed by atoms with E-state index in [2.05, 4.69) is 0 Å². The second kappa shape index (κ2) is 8.17. The highest BCUT2D eigenvalue weighted by atomic mass is 16.4. The normalized spacial score (nSPS) is 24.1. The zero-order valence-electron chi connectivity index (χ0n) is 9.83. The second-order valence-corrected chi connectivity index (χ2v) is 4.94. The first-order valence-corrected chi connectivity index (χ1v) is 6.60. The standard InChI is InChI=1S/C12H22.BH3O2/c1-3-7-11(8-4-1)12-9-5-2-6-10-12;2-1-3/h11-12H,1-10H2;1-3H. The lowest BCUT2D eigenvalue weighted by Crippen LogP contribution is -2.20. The molecule has 2 saturated carbocycles. The van der Waals surface area contributed by atoms with Gasteiger partial charge in [-0.05, 0) is 11.8 Å². The molecular formula is C12H25BO2. The zero-order valence-corrected chi connectivity index (χ0v) is 9.83. The average molecular weight is 212 g/mol. The van der Waals surface area contributed by atoms with Gasteiger partial charge in [-0.15, -0.1) is 0 Å². The van der Waals surface area contributed by atoms with Crippen LogP contribution >= 0.6 is 0 Å². The summed E-state index contributed by atoms with van der Waals surface area (Å²) in [5.74, 6) is 2.28. The molecule has 0 aliphatic heterocycles. The Bertz CT molecular complexity index is 125. The zero-order chi connectivity index (χ0) is 10.9. The molecule has 3 heteroatoms. The van der Waals surface area contributed by atoms with Gasteiger partial charge < -0.3 is 10.0 Å². The third-order valence-electron chi connectivity index (χ3n) is 3.97. The van der Waals surface area contributed by atoms with E-state index in [1.807, 2.05) is 0 Å². The van der Waals surface area contributed by atoms with Gasteiger partial charge >= 0.3 is 7.69 Å². The van der Waals surface area contributed by atoms with Crippen LogP contribution in [0.5, 0.6) is 0 Å². The predicted molar refractivity (Wildman–Crippen MR) is 64.7 cm³/mol. The molecule has 0 heterocycles. The van der Waals surface area contributed by atoms with Crippen LogP contribution in [0.15, 0.2) is 0 Å². The van der Waals surface area contributed by atoms with E-state index in [1.165, 1.54) is 38.5 Å². The summed E-state index contributed by atoms with van der Waals surface area (Å²) in [7, 11) is -0.750. The molecule has 2 aliphatic rings. The van der Waals surface area contributed by atoms with Crippen LogP contribution in [-0.4, -0.2) is 17.7 Å².